The second-order valence-corrected chi connectivity index (χ2v) is 5.28. The summed E-state index contributed by atoms with van der Waals surface area (Å²) in [7, 11) is 1.70. The van der Waals surface area contributed by atoms with E-state index in [1.54, 1.807) is 24.2 Å². The minimum atomic E-state index is -1.16. The Bertz CT molecular complexity index is 427. The van der Waals surface area contributed by atoms with Crippen molar-refractivity contribution in [1.82, 2.24) is 9.88 Å². The Morgan fingerprint density at radius 3 is 2.72 bits per heavy atom. The van der Waals surface area contributed by atoms with E-state index >= 15 is 0 Å². The summed E-state index contributed by atoms with van der Waals surface area (Å²) in [5, 5.41) is 10.7. The quantitative estimate of drug-likeness (QED) is 0.853. The summed E-state index contributed by atoms with van der Waals surface area (Å²) in [4.78, 5) is 17.7. The van der Waals surface area contributed by atoms with Crippen LogP contribution in [0.5, 0.6) is 0 Å². The lowest BCUT2D eigenvalue weighted by molar-refractivity contribution is -0.149. The van der Waals surface area contributed by atoms with E-state index in [1.807, 2.05) is 6.07 Å². The summed E-state index contributed by atoms with van der Waals surface area (Å²) in [5.74, 6) is -0.199. The Balaban J connectivity index is 2.01. The zero-order chi connectivity index (χ0) is 13.2. The molecule has 4 nitrogen and oxygen atoms in total. The maximum atomic E-state index is 12.2. The molecule has 1 aromatic heterocycles. The molecule has 0 unspecified atom stereocenters. The number of halogens is 1. The molecule has 1 fully saturated rings. The van der Waals surface area contributed by atoms with Crippen LogP contribution in [0.1, 0.15) is 31.2 Å². The lowest BCUT2D eigenvalue weighted by atomic mass is 10.0. The number of pyridine rings is 1. The van der Waals surface area contributed by atoms with E-state index in [1.165, 1.54) is 0 Å². The van der Waals surface area contributed by atoms with Crippen LogP contribution in [-0.4, -0.2) is 33.5 Å². The summed E-state index contributed by atoms with van der Waals surface area (Å²) in [5.41, 5.74) is -0.258. The maximum absolute atomic E-state index is 12.2. The van der Waals surface area contributed by atoms with Crippen molar-refractivity contribution in [3.63, 3.8) is 0 Å². The number of aromatic nitrogens is 1. The third-order valence-corrected chi connectivity index (χ3v) is 3.61. The number of amides is 1. The number of hydrogen-bond acceptors (Lipinski definition) is 3. The summed E-state index contributed by atoms with van der Waals surface area (Å²) in [6.07, 6.45) is 4.60. The normalized spacial score (nSPS) is 17.7. The van der Waals surface area contributed by atoms with Crippen LogP contribution in [0.4, 0.5) is 0 Å². The zero-order valence-electron chi connectivity index (χ0n) is 10.4. The number of hydrogen-bond donors (Lipinski definition) is 1. The van der Waals surface area contributed by atoms with Gasteiger partial charge >= 0.3 is 0 Å². The van der Waals surface area contributed by atoms with Gasteiger partial charge in [0.15, 0.2) is 0 Å². The monoisotopic (exact) mass is 268 g/mol. The molecule has 0 aromatic carbocycles. The van der Waals surface area contributed by atoms with Gasteiger partial charge in [-0.05, 0) is 37.3 Å². The second kappa shape index (κ2) is 5.24. The molecule has 1 aliphatic carbocycles. The fraction of sp³-hybridized carbons (Fsp3) is 0.538. The minimum absolute atomic E-state index is 0.199. The van der Waals surface area contributed by atoms with Crippen molar-refractivity contribution in [1.29, 1.82) is 0 Å². The smallest absolute Gasteiger partial charge is 0.254 e. The molecule has 18 heavy (non-hydrogen) atoms. The highest BCUT2D eigenvalue weighted by molar-refractivity contribution is 6.29. The number of nitrogens with zero attached hydrogens (tertiary/aromatic N) is 2. The standard InChI is InChI=1S/C13H17ClN2O2/c1-16(9-10-4-5-11(14)15-8-10)12(17)13(18)6-2-3-7-13/h4-5,8,18H,2-3,6-7,9H2,1H3. The van der Waals surface area contributed by atoms with Gasteiger partial charge < -0.3 is 10.0 Å². The van der Waals surface area contributed by atoms with E-state index in [4.69, 9.17) is 11.6 Å². The third-order valence-electron chi connectivity index (χ3n) is 3.38. The van der Waals surface area contributed by atoms with Crippen LogP contribution in [0.2, 0.25) is 5.15 Å². The molecule has 1 aliphatic rings. The van der Waals surface area contributed by atoms with Gasteiger partial charge in [0.2, 0.25) is 0 Å². The Hall–Kier alpha value is -1.13. The number of aliphatic hydroxyl groups is 1. The Kier molecular flexibility index (Phi) is 3.88. The van der Waals surface area contributed by atoms with Crippen LogP contribution in [0, 0.1) is 0 Å². The van der Waals surface area contributed by atoms with Gasteiger partial charge in [-0.3, -0.25) is 4.79 Å². The van der Waals surface area contributed by atoms with Gasteiger partial charge in [-0.1, -0.05) is 17.7 Å². The number of carbonyl (C=O) groups is 1. The van der Waals surface area contributed by atoms with Crippen molar-refractivity contribution in [3.8, 4) is 0 Å². The van der Waals surface area contributed by atoms with Crippen molar-refractivity contribution in [2.24, 2.45) is 0 Å². The highest BCUT2D eigenvalue weighted by Crippen LogP contribution is 2.31. The van der Waals surface area contributed by atoms with Gasteiger partial charge in [-0.25, -0.2) is 4.98 Å². The molecule has 0 atom stereocenters. The van der Waals surface area contributed by atoms with Gasteiger partial charge in [0.1, 0.15) is 10.8 Å². The maximum Gasteiger partial charge on any atom is 0.254 e. The first-order valence-electron chi connectivity index (χ1n) is 6.10. The first-order chi connectivity index (χ1) is 8.51. The summed E-state index contributed by atoms with van der Waals surface area (Å²) in [6.45, 7) is 0.436. The van der Waals surface area contributed by atoms with E-state index in [0.717, 1.165) is 18.4 Å². The average Bonchev–Trinajstić information content (AvgIpc) is 2.79. The number of likely N-dealkylation sites (N-methyl/N-ethyl adjacent to an activating group) is 1. The van der Waals surface area contributed by atoms with E-state index in [2.05, 4.69) is 4.98 Å². The lowest BCUT2D eigenvalue weighted by Gasteiger charge is -2.27. The van der Waals surface area contributed by atoms with Gasteiger partial charge in [0.05, 0.1) is 0 Å². The highest BCUT2D eigenvalue weighted by atomic mass is 35.5. The van der Waals surface area contributed by atoms with Gasteiger partial charge in [-0.2, -0.15) is 0 Å². The van der Waals surface area contributed by atoms with Crippen LogP contribution in [-0.2, 0) is 11.3 Å². The van der Waals surface area contributed by atoms with Crippen molar-refractivity contribution >= 4 is 17.5 Å². The van der Waals surface area contributed by atoms with Crippen molar-refractivity contribution in [3.05, 3.63) is 29.0 Å². The molecule has 1 N–H and O–H groups in total. The molecule has 1 heterocycles. The highest BCUT2D eigenvalue weighted by Gasteiger charge is 2.40. The Morgan fingerprint density at radius 2 is 2.17 bits per heavy atom. The van der Waals surface area contributed by atoms with Crippen LogP contribution >= 0.6 is 11.6 Å². The lowest BCUT2D eigenvalue weighted by Crippen LogP contribution is -2.45. The molecule has 1 saturated carbocycles. The summed E-state index contributed by atoms with van der Waals surface area (Å²) >= 11 is 5.70. The third kappa shape index (κ3) is 2.82. The fourth-order valence-corrected chi connectivity index (χ4v) is 2.49. The molecule has 2 rings (SSSR count). The first-order valence-corrected chi connectivity index (χ1v) is 6.47. The molecule has 98 valence electrons. The summed E-state index contributed by atoms with van der Waals surface area (Å²) < 4.78 is 0. The predicted octanol–water partition coefficient (Wildman–Crippen LogP) is 2.00. The largest absolute Gasteiger partial charge is 0.380 e. The van der Waals surface area contributed by atoms with Crippen LogP contribution in [0.15, 0.2) is 18.3 Å². The molecule has 0 radical (unpaired) electrons. The van der Waals surface area contributed by atoms with Crippen molar-refractivity contribution in [2.75, 3.05) is 7.05 Å². The molecule has 0 aliphatic heterocycles. The SMILES string of the molecule is CN(Cc1ccc(Cl)nc1)C(=O)C1(O)CCCC1. The molecule has 1 aromatic rings. The molecular weight excluding hydrogens is 252 g/mol. The Labute approximate surface area is 112 Å². The van der Waals surface area contributed by atoms with Crippen LogP contribution < -0.4 is 0 Å². The minimum Gasteiger partial charge on any atom is -0.380 e. The van der Waals surface area contributed by atoms with Gasteiger partial charge in [-0.15, -0.1) is 0 Å². The van der Waals surface area contributed by atoms with Crippen molar-refractivity contribution in [2.45, 2.75) is 37.8 Å². The van der Waals surface area contributed by atoms with Crippen LogP contribution in [0.3, 0.4) is 0 Å². The van der Waals surface area contributed by atoms with Crippen molar-refractivity contribution < 1.29 is 9.90 Å². The Morgan fingerprint density at radius 1 is 1.50 bits per heavy atom. The first kappa shape index (κ1) is 13.3. The topological polar surface area (TPSA) is 53.4 Å². The van der Waals surface area contributed by atoms with E-state index in [-0.39, 0.29) is 5.91 Å². The van der Waals surface area contributed by atoms with E-state index in [0.29, 0.717) is 24.5 Å². The summed E-state index contributed by atoms with van der Waals surface area (Å²) in [6, 6.07) is 3.53. The average molecular weight is 269 g/mol. The number of rotatable bonds is 3. The number of carbonyl (C=O) groups excluding carboxylic acids is 1. The predicted molar refractivity (Wildman–Crippen MR) is 69.1 cm³/mol. The second-order valence-electron chi connectivity index (χ2n) is 4.89. The molecule has 0 bridgehead atoms. The molecule has 0 spiro atoms. The van der Waals surface area contributed by atoms with Gasteiger partial charge in [0, 0.05) is 19.8 Å². The van der Waals surface area contributed by atoms with E-state index in [9.17, 15) is 9.90 Å². The van der Waals surface area contributed by atoms with Gasteiger partial charge in [0.25, 0.3) is 5.91 Å². The molecule has 0 saturated heterocycles. The fourth-order valence-electron chi connectivity index (χ4n) is 2.37. The van der Waals surface area contributed by atoms with E-state index < -0.39 is 5.60 Å². The molecular formula is C13H17ClN2O2. The van der Waals surface area contributed by atoms with Crippen LogP contribution in [0.25, 0.3) is 0 Å². The molecule has 5 heteroatoms. The zero-order valence-corrected chi connectivity index (χ0v) is 11.2. The molecule has 1 amide bonds.